The van der Waals surface area contributed by atoms with E-state index in [9.17, 15) is 18.0 Å². The first-order chi connectivity index (χ1) is 10.7. The van der Waals surface area contributed by atoms with Crippen LogP contribution in [-0.4, -0.2) is 39.5 Å². The molecule has 1 N–H and O–H groups in total. The number of halogens is 3. The summed E-state index contributed by atoms with van der Waals surface area (Å²) in [6.45, 7) is 3.76. The molecule has 5 nitrogen and oxygen atoms in total. The highest BCUT2D eigenvalue weighted by molar-refractivity contribution is 5.89. The van der Waals surface area contributed by atoms with Crippen molar-refractivity contribution in [2.24, 2.45) is 11.3 Å². The molecule has 0 aromatic carbocycles. The van der Waals surface area contributed by atoms with Gasteiger partial charge in [0.25, 0.3) is 0 Å². The van der Waals surface area contributed by atoms with Crippen molar-refractivity contribution in [2.75, 3.05) is 11.9 Å². The Bertz CT molecular complexity index is 592. The van der Waals surface area contributed by atoms with Crippen molar-refractivity contribution in [2.45, 2.75) is 51.9 Å². The molecule has 3 rings (SSSR count). The monoisotopic (exact) mass is 330 g/mol. The molecule has 2 heterocycles. The van der Waals surface area contributed by atoms with Gasteiger partial charge in [0, 0.05) is 30.3 Å². The minimum Gasteiger partial charge on any atom is -0.320 e. The van der Waals surface area contributed by atoms with E-state index in [1.54, 1.807) is 4.90 Å². The molecule has 1 saturated carbocycles. The van der Waals surface area contributed by atoms with Crippen LogP contribution in [0.5, 0.6) is 0 Å². The zero-order valence-electron chi connectivity index (χ0n) is 13.2. The summed E-state index contributed by atoms with van der Waals surface area (Å²) in [7, 11) is 0. The van der Waals surface area contributed by atoms with Gasteiger partial charge in [-0.3, -0.25) is 10.00 Å². The molecular weight excluding hydrogens is 309 g/mol. The third-order valence-corrected chi connectivity index (χ3v) is 4.91. The SMILES string of the molecule is CC(C)C1N(C(=O)Nc2ccn(CC(F)(F)F)n2)CC12CCC2. The highest BCUT2D eigenvalue weighted by Gasteiger charge is 2.58. The number of carbonyl (C=O) groups excluding carboxylic acids is 1. The van der Waals surface area contributed by atoms with Crippen LogP contribution in [0.25, 0.3) is 0 Å². The minimum atomic E-state index is -4.33. The predicted molar refractivity (Wildman–Crippen MR) is 78.9 cm³/mol. The standard InChI is InChI=1S/C15H21F3N4O/c1-10(2)12-14(5-3-6-14)8-22(12)13(23)19-11-4-7-21(20-11)9-15(16,17)18/h4,7,10,12H,3,5-6,8-9H2,1-2H3,(H,19,20,23). The number of nitrogens with zero attached hydrogens (tertiary/aromatic N) is 3. The highest BCUT2D eigenvalue weighted by atomic mass is 19.4. The number of urea groups is 1. The van der Waals surface area contributed by atoms with E-state index in [-0.39, 0.29) is 23.3 Å². The zero-order valence-corrected chi connectivity index (χ0v) is 13.2. The average Bonchev–Trinajstić information content (AvgIpc) is 2.69. The van der Waals surface area contributed by atoms with Gasteiger partial charge >= 0.3 is 12.2 Å². The number of hydrogen-bond donors (Lipinski definition) is 1. The number of rotatable bonds is 3. The summed E-state index contributed by atoms with van der Waals surface area (Å²) in [5, 5.41) is 6.36. The Labute approximate surface area is 132 Å². The second-order valence-corrected chi connectivity index (χ2v) is 6.98. The molecule has 23 heavy (non-hydrogen) atoms. The van der Waals surface area contributed by atoms with Gasteiger partial charge < -0.3 is 4.90 Å². The van der Waals surface area contributed by atoms with Gasteiger partial charge in [0.15, 0.2) is 5.82 Å². The van der Waals surface area contributed by atoms with Crippen molar-refractivity contribution in [1.29, 1.82) is 0 Å². The molecule has 2 fully saturated rings. The Hall–Kier alpha value is -1.73. The van der Waals surface area contributed by atoms with Gasteiger partial charge in [-0.2, -0.15) is 18.3 Å². The predicted octanol–water partition coefficient (Wildman–Crippen LogP) is 3.49. The summed E-state index contributed by atoms with van der Waals surface area (Å²) in [5.41, 5.74) is 0.265. The maximum Gasteiger partial charge on any atom is 0.408 e. The minimum absolute atomic E-state index is 0.149. The van der Waals surface area contributed by atoms with Crippen molar-refractivity contribution in [3.63, 3.8) is 0 Å². The number of nitrogens with one attached hydrogen (secondary N) is 1. The summed E-state index contributed by atoms with van der Waals surface area (Å²) < 4.78 is 37.7. The van der Waals surface area contributed by atoms with Crippen molar-refractivity contribution >= 4 is 11.8 Å². The molecule has 1 unspecified atom stereocenters. The molecule has 1 aromatic rings. The van der Waals surface area contributed by atoms with E-state index in [1.807, 2.05) is 0 Å². The summed E-state index contributed by atoms with van der Waals surface area (Å²) in [6, 6.07) is 1.31. The van der Waals surface area contributed by atoms with Crippen LogP contribution in [0.1, 0.15) is 33.1 Å². The average molecular weight is 330 g/mol. The number of hydrogen-bond acceptors (Lipinski definition) is 2. The van der Waals surface area contributed by atoms with E-state index < -0.39 is 12.7 Å². The molecule has 1 saturated heterocycles. The van der Waals surface area contributed by atoms with Crippen molar-refractivity contribution in [1.82, 2.24) is 14.7 Å². The third kappa shape index (κ3) is 3.03. The fraction of sp³-hybridized carbons (Fsp3) is 0.733. The molecule has 1 aliphatic carbocycles. The number of anilines is 1. The summed E-state index contributed by atoms with van der Waals surface area (Å²) in [6.07, 6.45) is 0.400. The fourth-order valence-electron chi connectivity index (χ4n) is 3.98. The number of carbonyl (C=O) groups is 1. The first-order valence-corrected chi connectivity index (χ1v) is 7.88. The molecule has 128 valence electrons. The van der Waals surface area contributed by atoms with Crippen LogP contribution in [0.15, 0.2) is 12.3 Å². The molecule has 1 aliphatic heterocycles. The first-order valence-electron chi connectivity index (χ1n) is 7.88. The second-order valence-electron chi connectivity index (χ2n) is 6.98. The number of alkyl halides is 3. The quantitative estimate of drug-likeness (QED) is 0.922. The fourth-order valence-corrected chi connectivity index (χ4v) is 3.98. The van der Waals surface area contributed by atoms with Gasteiger partial charge in [-0.15, -0.1) is 0 Å². The largest absolute Gasteiger partial charge is 0.408 e. The Kier molecular flexibility index (Phi) is 3.80. The lowest BCUT2D eigenvalue weighted by Gasteiger charge is -2.63. The maximum absolute atomic E-state index is 12.4. The molecule has 0 bridgehead atoms. The van der Waals surface area contributed by atoms with Gasteiger partial charge in [-0.1, -0.05) is 20.3 Å². The van der Waals surface area contributed by atoms with Crippen LogP contribution in [-0.2, 0) is 6.54 Å². The van der Waals surface area contributed by atoms with Crippen LogP contribution in [0.4, 0.5) is 23.8 Å². The lowest BCUT2D eigenvalue weighted by Crippen LogP contribution is -2.71. The Morgan fingerprint density at radius 2 is 2.17 bits per heavy atom. The van der Waals surface area contributed by atoms with Gasteiger partial charge in [0.05, 0.1) is 0 Å². The van der Waals surface area contributed by atoms with E-state index in [1.165, 1.54) is 18.7 Å². The highest BCUT2D eigenvalue weighted by Crippen LogP contribution is 2.55. The zero-order chi connectivity index (χ0) is 16.8. The second kappa shape index (κ2) is 5.42. The number of aromatic nitrogens is 2. The summed E-state index contributed by atoms with van der Waals surface area (Å²) in [4.78, 5) is 14.2. The molecule has 1 atom stereocenters. The Morgan fingerprint density at radius 3 is 2.70 bits per heavy atom. The van der Waals surface area contributed by atoms with Crippen LogP contribution in [0.3, 0.4) is 0 Å². The first kappa shape index (κ1) is 16.1. The molecule has 1 spiro atoms. The number of likely N-dealkylation sites (tertiary alicyclic amines) is 1. The van der Waals surface area contributed by atoms with E-state index in [2.05, 4.69) is 24.3 Å². The molecule has 2 amide bonds. The number of amides is 2. The van der Waals surface area contributed by atoms with Crippen LogP contribution in [0, 0.1) is 11.3 Å². The van der Waals surface area contributed by atoms with Crippen molar-refractivity contribution in [3.8, 4) is 0 Å². The molecule has 0 radical (unpaired) electrons. The lowest BCUT2D eigenvalue weighted by molar-refractivity contribution is -0.142. The van der Waals surface area contributed by atoms with Gasteiger partial charge in [-0.25, -0.2) is 4.79 Å². The van der Waals surface area contributed by atoms with Crippen LogP contribution >= 0.6 is 0 Å². The van der Waals surface area contributed by atoms with E-state index in [0.717, 1.165) is 24.1 Å². The van der Waals surface area contributed by atoms with E-state index >= 15 is 0 Å². The van der Waals surface area contributed by atoms with Gasteiger partial charge in [0.2, 0.25) is 0 Å². The van der Waals surface area contributed by atoms with Gasteiger partial charge in [-0.05, 0) is 18.8 Å². The molecular formula is C15H21F3N4O. The van der Waals surface area contributed by atoms with Crippen LogP contribution in [0.2, 0.25) is 0 Å². The van der Waals surface area contributed by atoms with Crippen molar-refractivity contribution in [3.05, 3.63) is 12.3 Å². The van der Waals surface area contributed by atoms with E-state index in [4.69, 9.17) is 0 Å². The third-order valence-electron chi connectivity index (χ3n) is 4.91. The summed E-state index contributed by atoms with van der Waals surface area (Å²) in [5.74, 6) is 0.508. The van der Waals surface area contributed by atoms with Crippen molar-refractivity contribution < 1.29 is 18.0 Å². The summed E-state index contributed by atoms with van der Waals surface area (Å²) >= 11 is 0. The Morgan fingerprint density at radius 1 is 1.48 bits per heavy atom. The van der Waals surface area contributed by atoms with Crippen LogP contribution < -0.4 is 5.32 Å². The molecule has 2 aliphatic rings. The van der Waals surface area contributed by atoms with E-state index in [0.29, 0.717) is 5.92 Å². The smallest absolute Gasteiger partial charge is 0.320 e. The molecule has 1 aromatic heterocycles. The lowest BCUT2D eigenvalue weighted by atomic mass is 9.55. The Balaban J connectivity index is 1.61. The topological polar surface area (TPSA) is 50.2 Å². The maximum atomic E-state index is 12.4. The normalized spacial score (nSPS) is 22.9. The van der Waals surface area contributed by atoms with Gasteiger partial charge in [0.1, 0.15) is 6.54 Å². The molecule has 8 heteroatoms.